The molecule has 3 N–H and O–H groups in total. The molecule has 0 radical (unpaired) electrons. The molecule has 0 spiro atoms. The van der Waals surface area contributed by atoms with E-state index in [1.54, 1.807) is 0 Å². The number of nitrogen functional groups attached to an aromatic ring is 1. The highest BCUT2D eigenvalue weighted by atomic mass is 79.9. The Morgan fingerprint density at radius 3 is 2.58 bits per heavy atom. The van der Waals surface area contributed by atoms with E-state index in [0.717, 1.165) is 6.07 Å². The smallest absolute Gasteiger partial charge is 0.335 e. The molecule has 3 nitrogen and oxygen atoms in total. The zero-order valence-corrected chi connectivity index (χ0v) is 7.43. The fourth-order valence-electron chi connectivity index (χ4n) is 0.734. The summed E-state index contributed by atoms with van der Waals surface area (Å²) in [6.45, 7) is 0. The molecular weight excluding hydrogens is 229 g/mol. The second kappa shape index (κ2) is 3.10. The van der Waals surface area contributed by atoms with E-state index in [9.17, 15) is 9.18 Å². The molecule has 0 aliphatic rings. The molecule has 64 valence electrons. The molecule has 5 heteroatoms. The minimum Gasteiger partial charge on any atom is -0.478 e. The minimum atomic E-state index is -1.20. The van der Waals surface area contributed by atoms with E-state index < -0.39 is 11.8 Å². The van der Waals surface area contributed by atoms with E-state index in [4.69, 9.17) is 10.8 Å². The number of carboxylic acid groups (broad SMARTS) is 1. The van der Waals surface area contributed by atoms with Crippen molar-refractivity contribution in [1.82, 2.24) is 0 Å². The number of hydrogen-bond donors (Lipinski definition) is 2. The first kappa shape index (κ1) is 8.99. The van der Waals surface area contributed by atoms with Crippen molar-refractivity contribution < 1.29 is 14.3 Å². The second-order valence-corrected chi connectivity index (χ2v) is 2.96. The number of halogens is 2. The first-order chi connectivity index (χ1) is 5.52. The van der Waals surface area contributed by atoms with Crippen molar-refractivity contribution in [2.24, 2.45) is 0 Å². The van der Waals surface area contributed by atoms with Crippen LogP contribution in [0.4, 0.5) is 10.1 Å². The standard InChI is InChI=1S/C7H5BrFNO2/c8-6-4(9)1-3(7(11)12)2-5(6)10/h1-2H,10H2,(H,11,12). The van der Waals surface area contributed by atoms with Gasteiger partial charge in [-0.25, -0.2) is 9.18 Å². The van der Waals surface area contributed by atoms with Crippen LogP contribution in [0.1, 0.15) is 10.4 Å². The lowest BCUT2D eigenvalue weighted by Crippen LogP contribution is -2.00. The molecule has 0 aliphatic carbocycles. The lowest BCUT2D eigenvalue weighted by molar-refractivity contribution is 0.0696. The van der Waals surface area contributed by atoms with E-state index in [0.29, 0.717) is 0 Å². The number of carboxylic acids is 1. The number of aromatic carboxylic acids is 1. The number of hydrogen-bond acceptors (Lipinski definition) is 2. The van der Waals surface area contributed by atoms with Crippen molar-refractivity contribution in [1.29, 1.82) is 0 Å². The summed E-state index contributed by atoms with van der Waals surface area (Å²) in [5.74, 6) is -1.87. The molecular formula is C7H5BrFNO2. The van der Waals surface area contributed by atoms with Gasteiger partial charge >= 0.3 is 5.97 Å². The van der Waals surface area contributed by atoms with Gasteiger partial charge in [0, 0.05) is 5.69 Å². The fraction of sp³-hybridized carbons (Fsp3) is 0. The SMILES string of the molecule is Nc1cc(C(=O)O)cc(F)c1Br. The maximum Gasteiger partial charge on any atom is 0.335 e. The Hall–Kier alpha value is -1.10. The Balaban J connectivity index is 3.31. The summed E-state index contributed by atoms with van der Waals surface area (Å²) in [4.78, 5) is 10.4. The Morgan fingerprint density at radius 1 is 1.58 bits per heavy atom. The van der Waals surface area contributed by atoms with E-state index in [2.05, 4.69) is 15.9 Å². The maximum atomic E-state index is 12.8. The van der Waals surface area contributed by atoms with Crippen molar-refractivity contribution in [2.45, 2.75) is 0 Å². The third kappa shape index (κ3) is 1.55. The van der Waals surface area contributed by atoms with Crippen LogP contribution in [-0.4, -0.2) is 11.1 Å². The van der Waals surface area contributed by atoms with Crippen LogP contribution in [0.15, 0.2) is 16.6 Å². The molecule has 0 aliphatic heterocycles. The van der Waals surface area contributed by atoms with Gasteiger partial charge in [0.05, 0.1) is 10.0 Å². The van der Waals surface area contributed by atoms with Gasteiger partial charge in [0.25, 0.3) is 0 Å². The molecule has 0 atom stereocenters. The zero-order chi connectivity index (χ0) is 9.30. The van der Waals surface area contributed by atoms with Gasteiger partial charge in [-0.05, 0) is 28.1 Å². The topological polar surface area (TPSA) is 63.3 Å². The Morgan fingerprint density at radius 2 is 2.17 bits per heavy atom. The summed E-state index contributed by atoms with van der Waals surface area (Å²) in [7, 11) is 0. The molecule has 12 heavy (non-hydrogen) atoms. The van der Waals surface area contributed by atoms with Crippen LogP contribution >= 0.6 is 15.9 Å². The Labute approximate surface area is 76.1 Å². The summed E-state index contributed by atoms with van der Waals surface area (Å²) in [5, 5.41) is 8.49. The van der Waals surface area contributed by atoms with E-state index in [1.165, 1.54) is 6.07 Å². The van der Waals surface area contributed by atoms with Gasteiger partial charge < -0.3 is 10.8 Å². The summed E-state index contributed by atoms with van der Waals surface area (Å²) < 4.78 is 12.9. The molecule has 0 heterocycles. The molecule has 1 aromatic rings. The molecule has 0 saturated heterocycles. The number of benzene rings is 1. The molecule has 1 aromatic carbocycles. The highest BCUT2D eigenvalue weighted by molar-refractivity contribution is 9.10. The average Bonchev–Trinajstić information content (AvgIpc) is 1.99. The van der Waals surface area contributed by atoms with Gasteiger partial charge in [-0.3, -0.25) is 0 Å². The van der Waals surface area contributed by atoms with Crippen molar-refractivity contribution in [3.63, 3.8) is 0 Å². The monoisotopic (exact) mass is 233 g/mol. The maximum absolute atomic E-state index is 12.8. The van der Waals surface area contributed by atoms with E-state index in [-0.39, 0.29) is 15.7 Å². The molecule has 0 unspecified atom stereocenters. The summed E-state index contributed by atoms with van der Waals surface area (Å²) in [6, 6.07) is 2.10. The van der Waals surface area contributed by atoms with Gasteiger partial charge in [-0.2, -0.15) is 0 Å². The van der Waals surface area contributed by atoms with Crippen molar-refractivity contribution in [2.75, 3.05) is 5.73 Å². The summed E-state index contributed by atoms with van der Waals surface area (Å²) in [6.07, 6.45) is 0. The van der Waals surface area contributed by atoms with Gasteiger partial charge in [-0.15, -0.1) is 0 Å². The molecule has 0 aromatic heterocycles. The zero-order valence-electron chi connectivity index (χ0n) is 5.84. The minimum absolute atomic E-state index is 0.0763. The van der Waals surface area contributed by atoms with Crippen LogP contribution in [0, 0.1) is 5.82 Å². The summed E-state index contributed by atoms with van der Waals surface area (Å²) in [5.41, 5.74) is 5.23. The van der Waals surface area contributed by atoms with Crippen LogP contribution in [0.25, 0.3) is 0 Å². The van der Waals surface area contributed by atoms with E-state index in [1.807, 2.05) is 0 Å². The van der Waals surface area contributed by atoms with Gasteiger partial charge in [0.1, 0.15) is 5.82 Å². The highest BCUT2D eigenvalue weighted by Crippen LogP contribution is 2.24. The van der Waals surface area contributed by atoms with Crippen LogP contribution in [0.3, 0.4) is 0 Å². The highest BCUT2D eigenvalue weighted by Gasteiger charge is 2.09. The number of nitrogens with two attached hydrogens (primary N) is 1. The largest absolute Gasteiger partial charge is 0.478 e. The predicted molar refractivity (Wildman–Crippen MR) is 45.5 cm³/mol. The average molecular weight is 234 g/mol. The van der Waals surface area contributed by atoms with Gasteiger partial charge in [0.15, 0.2) is 0 Å². The first-order valence-electron chi connectivity index (χ1n) is 3.00. The molecule has 0 saturated carbocycles. The normalized spacial score (nSPS) is 9.83. The fourth-order valence-corrected chi connectivity index (χ4v) is 0.963. The lowest BCUT2D eigenvalue weighted by atomic mass is 10.2. The van der Waals surface area contributed by atoms with Crippen LogP contribution in [-0.2, 0) is 0 Å². The molecule has 0 bridgehead atoms. The van der Waals surface area contributed by atoms with Crippen molar-refractivity contribution in [3.8, 4) is 0 Å². The molecule has 0 amide bonds. The van der Waals surface area contributed by atoms with E-state index >= 15 is 0 Å². The predicted octanol–water partition coefficient (Wildman–Crippen LogP) is 1.87. The third-order valence-electron chi connectivity index (χ3n) is 1.30. The quantitative estimate of drug-likeness (QED) is 0.729. The summed E-state index contributed by atoms with van der Waals surface area (Å²) >= 11 is 2.87. The van der Waals surface area contributed by atoms with Crippen LogP contribution in [0.2, 0.25) is 0 Å². The Bertz CT molecular complexity index is 317. The Kier molecular flexibility index (Phi) is 2.32. The van der Waals surface area contributed by atoms with Crippen molar-refractivity contribution in [3.05, 3.63) is 28.0 Å². The molecule has 1 rings (SSSR count). The third-order valence-corrected chi connectivity index (χ3v) is 2.14. The van der Waals surface area contributed by atoms with Crippen molar-refractivity contribution >= 4 is 27.6 Å². The molecule has 0 fully saturated rings. The second-order valence-electron chi connectivity index (χ2n) is 2.17. The lowest BCUT2D eigenvalue weighted by Gasteiger charge is -2.01. The number of rotatable bonds is 1. The first-order valence-corrected chi connectivity index (χ1v) is 3.79. The van der Waals surface area contributed by atoms with Gasteiger partial charge in [-0.1, -0.05) is 0 Å². The van der Waals surface area contributed by atoms with Crippen LogP contribution in [0.5, 0.6) is 0 Å². The van der Waals surface area contributed by atoms with Crippen LogP contribution < -0.4 is 5.73 Å². The number of anilines is 1. The van der Waals surface area contributed by atoms with Gasteiger partial charge in [0.2, 0.25) is 0 Å². The number of carbonyl (C=O) groups is 1.